The number of hydrogen-bond acceptors (Lipinski definition) is 4. The van der Waals surface area contributed by atoms with Gasteiger partial charge in [0.25, 0.3) is 6.43 Å². The summed E-state index contributed by atoms with van der Waals surface area (Å²) in [5.74, 6) is -1.05. The van der Waals surface area contributed by atoms with Gasteiger partial charge in [-0.25, -0.2) is 21.6 Å². The van der Waals surface area contributed by atoms with Crippen LogP contribution in [0, 0.1) is 24.1 Å². The second-order valence-corrected chi connectivity index (χ2v) is 7.09. The van der Waals surface area contributed by atoms with Gasteiger partial charge >= 0.3 is 0 Å². The zero-order chi connectivity index (χ0) is 18.1. The van der Waals surface area contributed by atoms with Crippen molar-refractivity contribution in [2.45, 2.75) is 18.2 Å². The fraction of sp³-hybridized carbons (Fsp3) is 0.188. The first kappa shape index (κ1) is 17.8. The molecule has 0 saturated carbocycles. The lowest BCUT2D eigenvalue weighted by Crippen LogP contribution is -2.05. The van der Waals surface area contributed by atoms with Crippen molar-refractivity contribution < 1.29 is 26.3 Å². The van der Waals surface area contributed by atoms with Gasteiger partial charge in [-0.1, -0.05) is 0 Å². The van der Waals surface area contributed by atoms with E-state index in [-0.39, 0.29) is 5.75 Å². The predicted octanol–water partition coefficient (Wildman–Crippen LogP) is 4.14. The molecule has 0 unspecified atom stereocenters. The molecule has 4 nitrogen and oxygen atoms in total. The maximum atomic E-state index is 13.4. The zero-order valence-electron chi connectivity index (χ0n) is 12.7. The van der Waals surface area contributed by atoms with E-state index < -0.39 is 43.9 Å². The molecule has 126 valence electrons. The molecule has 0 N–H and O–H groups in total. The largest absolute Gasteiger partial charge is 0.457 e. The van der Waals surface area contributed by atoms with E-state index in [9.17, 15) is 21.6 Å². The summed E-state index contributed by atoms with van der Waals surface area (Å²) in [6, 6.07) is 7.18. The van der Waals surface area contributed by atoms with E-state index >= 15 is 0 Å². The van der Waals surface area contributed by atoms with Crippen LogP contribution in [-0.2, 0) is 9.84 Å². The molecule has 0 amide bonds. The third-order valence-corrected chi connectivity index (χ3v) is 4.28. The van der Waals surface area contributed by atoms with Gasteiger partial charge in [0.15, 0.2) is 9.84 Å². The van der Waals surface area contributed by atoms with Gasteiger partial charge in [0.05, 0.1) is 16.0 Å². The Hall–Kier alpha value is -2.53. The number of alkyl halides is 2. The molecule has 2 rings (SSSR count). The topological polar surface area (TPSA) is 67.2 Å². The van der Waals surface area contributed by atoms with Gasteiger partial charge in [-0.3, -0.25) is 0 Å². The predicted molar refractivity (Wildman–Crippen MR) is 80.4 cm³/mol. The molecular weight excluding hydrogens is 343 g/mol. The summed E-state index contributed by atoms with van der Waals surface area (Å²) in [6.45, 7) is 1.59. The summed E-state index contributed by atoms with van der Waals surface area (Å²) in [6.07, 6.45) is -2.33. The van der Waals surface area contributed by atoms with E-state index in [0.29, 0.717) is 5.56 Å². The average molecular weight is 355 g/mol. The minimum Gasteiger partial charge on any atom is -0.457 e. The van der Waals surface area contributed by atoms with Gasteiger partial charge < -0.3 is 4.74 Å². The normalized spacial score (nSPS) is 11.4. The summed E-state index contributed by atoms with van der Waals surface area (Å²) in [5.41, 5.74) is -1.02. The molecule has 0 aliphatic heterocycles. The van der Waals surface area contributed by atoms with Crippen molar-refractivity contribution in [2.75, 3.05) is 6.26 Å². The van der Waals surface area contributed by atoms with E-state index in [2.05, 4.69) is 0 Å². The first-order valence-electron chi connectivity index (χ1n) is 6.63. The molecule has 0 spiro atoms. The van der Waals surface area contributed by atoms with Crippen molar-refractivity contribution in [2.24, 2.45) is 0 Å². The molecule has 0 aliphatic rings. The van der Waals surface area contributed by atoms with Crippen LogP contribution in [0.15, 0.2) is 35.2 Å². The van der Waals surface area contributed by atoms with Crippen LogP contribution in [0.4, 0.5) is 13.2 Å². The van der Waals surface area contributed by atoms with Gasteiger partial charge in [-0.05, 0) is 36.8 Å². The van der Waals surface area contributed by atoms with Gasteiger partial charge in [0.2, 0.25) is 0 Å². The highest BCUT2D eigenvalue weighted by atomic mass is 32.2. The summed E-state index contributed by atoms with van der Waals surface area (Å²) in [7, 11) is -3.88. The Balaban J connectivity index is 2.65. The van der Waals surface area contributed by atoms with Crippen molar-refractivity contribution in [3.05, 3.63) is 52.8 Å². The lowest BCUT2D eigenvalue weighted by molar-refractivity contribution is 0.147. The molecule has 2 aromatic carbocycles. The first-order chi connectivity index (χ1) is 11.1. The highest BCUT2D eigenvalue weighted by Gasteiger charge is 2.26. The van der Waals surface area contributed by atoms with E-state index in [4.69, 9.17) is 10.00 Å². The highest BCUT2D eigenvalue weighted by molar-refractivity contribution is 7.90. The molecular formula is C16H12F3NO3S. The molecule has 24 heavy (non-hydrogen) atoms. The van der Waals surface area contributed by atoms with E-state index in [1.165, 1.54) is 18.2 Å². The Bertz CT molecular complexity index is 914. The molecule has 0 bridgehead atoms. The number of halogens is 3. The van der Waals surface area contributed by atoms with Crippen LogP contribution in [0.1, 0.15) is 23.1 Å². The lowest BCUT2D eigenvalue weighted by Gasteiger charge is -2.14. The zero-order valence-corrected chi connectivity index (χ0v) is 13.5. The highest BCUT2D eigenvalue weighted by Crippen LogP contribution is 2.38. The summed E-state index contributed by atoms with van der Waals surface area (Å²) >= 11 is 0. The van der Waals surface area contributed by atoms with E-state index in [1.807, 2.05) is 0 Å². The monoisotopic (exact) mass is 355 g/mol. The third-order valence-electron chi connectivity index (χ3n) is 3.14. The number of benzene rings is 2. The Labute approximate surface area is 137 Å². The maximum Gasteiger partial charge on any atom is 0.268 e. The Morgan fingerprint density at radius 2 is 1.88 bits per heavy atom. The minimum atomic E-state index is -3.88. The quantitative estimate of drug-likeness (QED) is 0.827. The molecule has 0 fully saturated rings. The van der Waals surface area contributed by atoms with Crippen LogP contribution in [-0.4, -0.2) is 14.7 Å². The summed E-state index contributed by atoms with van der Waals surface area (Å²) in [5, 5.41) is 9.13. The molecule has 0 radical (unpaired) electrons. The fourth-order valence-corrected chi connectivity index (χ4v) is 3.04. The Morgan fingerprint density at radius 3 is 2.38 bits per heavy atom. The van der Waals surface area contributed by atoms with Gasteiger partial charge in [0, 0.05) is 12.3 Å². The van der Waals surface area contributed by atoms with Crippen LogP contribution in [0.5, 0.6) is 11.5 Å². The lowest BCUT2D eigenvalue weighted by atomic mass is 10.1. The van der Waals surface area contributed by atoms with Crippen molar-refractivity contribution in [1.82, 2.24) is 0 Å². The Kier molecular flexibility index (Phi) is 4.85. The number of rotatable bonds is 4. The van der Waals surface area contributed by atoms with Crippen molar-refractivity contribution in [1.29, 1.82) is 5.26 Å². The average Bonchev–Trinajstić information content (AvgIpc) is 2.43. The Morgan fingerprint density at radius 1 is 1.21 bits per heavy atom. The third kappa shape index (κ3) is 3.68. The number of hydrogen-bond donors (Lipinski definition) is 0. The molecule has 0 saturated heterocycles. The maximum absolute atomic E-state index is 13.4. The number of nitriles is 1. The summed E-state index contributed by atoms with van der Waals surface area (Å²) < 4.78 is 68.8. The van der Waals surface area contributed by atoms with Crippen LogP contribution < -0.4 is 4.74 Å². The number of aryl methyl sites for hydroxylation is 1. The second kappa shape index (κ2) is 6.53. The number of nitrogens with zero attached hydrogens (tertiary/aromatic N) is 1. The molecule has 8 heteroatoms. The van der Waals surface area contributed by atoms with Gasteiger partial charge in [-0.2, -0.15) is 5.26 Å². The minimum absolute atomic E-state index is 0.0367. The van der Waals surface area contributed by atoms with Gasteiger partial charge in [0.1, 0.15) is 23.4 Å². The molecule has 2 aromatic rings. The number of sulfone groups is 1. The smallest absolute Gasteiger partial charge is 0.268 e. The van der Waals surface area contributed by atoms with Crippen molar-refractivity contribution >= 4 is 9.84 Å². The van der Waals surface area contributed by atoms with Crippen LogP contribution in [0.25, 0.3) is 0 Å². The molecule has 0 aliphatic carbocycles. The summed E-state index contributed by atoms with van der Waals surface area (Å²) in [4.78, 5) is -0.511. The number of ether oxygens (including phenoxy) is 1. The molecule has 0 atom stereocenters. The van der Waals surface area contributed by atoms with Crippen LogP contribution >= 0.6 is 0 Å². The first-order valence-corrected chi connectivity index (χ1v) is 8.53. The fourth-order valence-electron chi connectivity index (χ4n) is 2.20. The second-order valence-electron chi connectivity index (χ2n) is 5.10. The molecule has 0 aromatic heterocycles. The van der Waals surface area contributed by atoms with Gasteiger partial charge in [-0.15, -0.1) is 0 Å². The van der Waals surface area contributed by atoms with Crippen molar-refractivity contribution in [3.8, 4) is 17.6 Å². The van der Waals surface area contributed by atoms with Crippen molar-refractivity contribution in [3.63, 3.8) is 0 Å². The van der Waals surface area contributed by atoms with E-state index in [1.54, 1.807) is 6.92 Å². The SMILES string of the molecule is Cc1cc(F)cc(Oc2ccc(S(C)(=O)=O)c(C#N)c2C(F)F)c1. The standard InChI is InChI=1S/C16H12F3NO3S/c1-9-5-10(17)7-11(6-9)23-13-3-4-14(24(2,21)22)12(8-20)15(13)16(18)19/h3-7,16H,1-2H3. The molecule has 0 heterocycles. The van der Waals surface area contributed by atoms with Crippen LogP contribution in [0.3, 0.4) is 0 Å². The van der Waals surface area contributed by atoms with Crippen LogP contribution in [0.2, 0.25) is 0 Å². The van der Waals surface area contributed by atoms with E-state index in [0.717, 1.165) is 24.5 Å².